The molecule has 2 nitrogen and oxygen atoms in total. The fourth-order valence-corrected chi connectivity index (χ4v) is 0.162. The van der Waals surface area contributed by atoms with Gasteiger partial charge >= 0.3 is 0 Å². The summed E-state index contributed by atoms with van der Waals surface area (Å²) in [6.07, 6.45) is 0.475. The summed E-state index contributed by atoms with van der Waals surface area (Å²) >= 11 is 4.59. The van der Waals surface area contributed by atoms with Crippen LogP contribution in [-0.4, -0.2) is 22.3 Å². The van der Waals surface area contributed by atoms with Crippen molar-refractivity contribution in [2.24, 2.45) is 0 Å². The molecule has 0 atom stereocenters. The SMILES string of the molecule is [CH2-]CC(=S)N(C)O.[Zn]. The molecule has 0 amide bonds. The number of rotatable bonds is 1. The van der Waals surface area contributed by atoms with E-state index in [4.69, 9.17) is 5.21 Å². The molecule has 0 saturated heterocycles. The molecule has 0 aliphatic rings. The second-order valence-electron chi connectivity index (χ2n) is 1.17. The van der Waals surface area contributed by atoms with E-state index in [2.05, 4.69) is 19.1 Å². The summed E-state index contributed by atoms with van der Waals surface area (Å²) in [5, 5.41) is 9.36. The smallest absolute Gasteiger partial charge is 0.0733 e. The molecule has 0 aromatic heterocycles. The molecule has 0 rings (SSSR count). The quantitative estimate of drug-likeness (QED) is 0.282. The van der Waals surface area contributed by atoms with E-state index in [1.54, 1.807) is 0 Å². The molecule has 0 unspecified atom stereocenters. The van der Waals surface area contributed by atoms with Crippen molar-refractivity contribution in [1.29, 1.82) is 0 Å². The summed E-state index contributed by atoms with van der Waals surface area (Å²) in [4.78, 5) is 0.458. The van der Waals surface area contributed by atoms with Gasteiger partial charge in [0.2, 0.25) is 0 Å². The van der Waals surface area contributed by atoms with Crippen LogP contribution in [0.5, 0.6) is 0 Å². The van der Waals surface area contributed by atoms with E-state index in [9.17, 15) is 0 Å². The molecule has 0 bridgehead atoms. The molecule has 0 spiro atoms. The average molecular weight is 184 g/mol. The van der Waals surface area contributed by atoms with Crippen molar-refractivity contribution in [3.8, 4) is 0 Å². The Morgan fingerprint density at radius 1 is 1.88 bits per heavy atom. The van der Waals surface area contributed by atoms with Gasteiger partial charge in [-0.2, -0.15) is 0 Å². The van der Waals surface area contributed by atoms with Crippen molar-refractivity contribution >= 4 is 17.2 Å². The fourth-order valence-electron chi connectivity index (χ4n) is 0.162. The third kappa shape index (κ3) is 4.63. The third-order valence-corrected chi connectivity index (χ3v) is 1.04. The molecule has 0 radical (unpaired) electrons. The molecular formula is C4H8NOSZn-. The summed E-state index contributed by atoms with van der Waals surface area (Å²) in [5.74, 6) is 0. The second-order valence-corrected chi connectivity index (χ2v) is 1.64. The summed E-state index contributed by atoms with van der Waals surface area (Å²) in [6.45, 7) is 3.46. The minimum absolute atomic E-state index is 0. The maximum atomic E-state index is 8.47. The van der Waals surface area contributed by atoms with Crippen molar-refractivity contribution in [2.45, 2.75) is 6.42 Å². The van der Waals surface area contributed by atoms with Crippen LogP contribution in [-0.2, 0) is 19.5 Å². The van der Waals surface area contributed by atoms with Gasteiger partial charge in [0.25, 0.3) is 0 Å². The van der Waals surface area contributed by atoms with Gasteiger partial charge in [0, 0.05) is 26.5 Å². The molecule has 0 aromatic rings. The monoisotopic (exact) mass is 182 g/mol. The van der Waals surface area contributed by atoms with E-state index >= 15 is 0 Å². The van der Waals surface area contributed by atoms with Crippen LogP contribution in [0.25, 0.3) is 0 Å². The van der Waals surface area contributed by atoms with E-state index in [1.165, 1.54) is 7.05 Å². The first-order valence-electron chi connectivity index (χ1n) is 1.93. The van der Waals surface area contributed by atoms with Gasteiger partial charge in [-0.15, -0.1) is 6.42 Å². The van der Waals surface area contributed by atoms with Gasteiger partial charge in [0.1, 0.15) is 0 Å². The number of hydroxylamine groups is 2. The Balaban J connectivity index is 0. The minimum Gasteiger partial charge on any atom is -0.337 e. The first-order chi connectivity index (χ1) is 3.18. The Hall–Kier alpha value is 0.473. The number of hydrogen-bond acceptors (Lipinski definition) is 2. The van der Waals surface area contributed by atoms with E-state index in [0.29, 0.717) is 11.4 Å². The molecule has 0 heterocycles. The number of nitrogens with zero attached hydrogens (tertiary/aromatic N) is 1. The van der Waals surface area contributed by atoms with Gasteiger partial charge in [0.15, 0.2) is 0 Å². The fraction of sp³-hybridized carbons (Fsp3) is 0.500. The topological polar surface area (TPSA) is 23.5 Å². The van der Waals surface area contributed by atoms with E-state index in [1.807, 2.05) is 0 Å². The third-order valence-electron chi connectivity index (χ3n) is 0.575. The zero-order valence-electron chi connectivity index (χ0n) is 4.92. The zero-order valence-corrected chi connectivity index (χ0v) is 8.71. The molecule has 8 heavy (non-hydrogen) atoms. The Morgan fingerprint density at radius 2 is 2.25 bits per heavy atom. The predicted octanol–water partition coefficient (Wildman–Crippen LogP) is 0.856. The van der Waals surface area contributed by atoms with Gasteiger partial charge in [-0.3, -0.25) is 10.3 Å². The maximum Gasteiger partial charge on any atom is 0.0733 e. The maximum absolute atomic E-state index is 8.47. The van der Waals surface area contributed by atoms with Gasteiger partial charge < -0.3 is 6.92 Å². The molecule has 0 aliphatic carbocycles. The summed E-state index contributed by atoms with van der Waals surface area (Å²) in [6, 6.07) is 0. The Morgan fingerprint density at radius 3 is 2.25 bits per heavy atom. The molecule has 1 N–H and O–H groups in total. The van der Waals surface area contributed by atoms with Crippen LogP contribution in [0.3, 0.4) is 0 Å². The van der Waals surface area contributed by atoms with Crippen LogP contribution in [0, 0.1) is 6.92 Å². The number of hydrogen-bond donors (Lipinski definition) is 1. The van der Waals surface area contributed by atoms with Crippen LogP contribution in [0.1, 0.15) is 6.42 Å². The molecular weight excluding hydrogens is 176 g/mol. The van der Waals surface area contributed by atoms with E-state index in [0.717, 1.165) is 5.06 Å². The van der Waals surface area contributed by atoms with Crippen molar-refractivity contribution in [3.05, 3.63) is 6.92 Å². The molecule has 0 aromatic carbocycles. The molecule has 0 aliphatic heterocycles. The van der Waals surface area contributed by atoms with Crippen LogP contribution in [0.4, 0.5) is 0 Å². The summed E-state index contributed by atoms with van der Waals surface area (Å²) in [5.41, 5.74) is 0. The Bertz CT molecular complexity index is 76.4. The standard InChI is InChI=1S/C4H8NOS.Zn/c1-3-4(7)5(2)6;/h6H,1,3H2,2H3;/q-1;. The first-order valence-corrected chi connectivity index (χ1v) is 2.34. The molecule has 0 fully saturated rings. The van der Waals surface area contributed by atoms with Crippen molar-refractivity contribution in [2.75, 3.05) is 7.05 Å². The van der Waals surface area contributed by atoms with Crippen molar-refractivity contribution < 1.29 is 24.7 Å². The zero-order chi connectivity index (χ0) is 5.86. The van der Waals surface area contributed by atoms with Crippen molar-refractivity contribution in [3.63, 3.8) is 0 Å². The average Bonchev–Trinajstić information content (AvgIpc) is 1.65. The molecule has 44 valence electrons. The van der Waals surface area contributed by atoms with Crippen molar-refractivity contribution in [1.82, 2.24) is 5.06 Å². The van der Waals surface area contributed by atoms with Crippen LogP contribution >= 0.6 is 12.2 Å². The Labute approximate surface area is 67.6 Å². The van der Waals surface area contributed by atoms with Gasteiger partial charge in [-0.1, -0.05) is 12.2 Å². The van der Waals surface area contributed by atoms with E-state index < -0.39 is 0 Å². The van der Waals surface area contributed by atoms with Gasteiger partial charge in [-0.05, 0) is 0 Å². The normalized spacial score (nSPS) is 7.38. The van der Waals surface area contributed by atoms with Crippen LogP contribution in [0.15, 0.2) is 0 Å². The Kier molecular flexibility index (Phi) is 7.92. The van der Waals surface area contributed by atoms with E-state index in [-0.39, 0.29) is 19.5 Å². The number of thiocarbonyl (C=S) groups is 1. The predicted molar refractivity (Wildman–Crippen MR) is 32.1 cm³/mol. The van der Waals surface area contributed by atoms with Gasteiger partial charge in [0.05, 0.1) is 4.99 Å². The van der Waals surface area contributed by atoms with Gasteiger partial charge in [-0.25, -0.2) is 0 Å². The largest absolute Gasteiger partial charge is 0.337 e. The first kappa shape index (κ1) is 11.3. The minimum atomic E-state index is 0. The molecule has 4 heteroatoms. The summed E-state index contributed by atoms with van der Waals surface area (Å²) < 4.78 is 0. The van der Waals surface area contributed by atoms with Crippen LogP contribution in [0.2, 0.25) is 0 Å². The second kappa shape index (κ2) is 5.61. The van der Waals surface area contributed by atoms with Crippen LogP contribution < -0.4 is 0 Å². The molecule has 0 saturated carbocycles. The summed E-state index contributed by atoms with van der Waals surface area (Å²) in [7, 11) is 1.48.